The van der Waals surface area contributed by atoms with Crippen LogP contribution in [0.2, 0.25) is 0 Å². The SMILES string of the molecule is Cc1cc(N2CC[C@](C)(c3ccccc3)C2)cn2nc(C34CC(CNc5cccc(C(=O)O)n5)(CO3)C4)nc12. The number of benzene rings is 1. The van der Waals surface area contributed by atoms with Crippen LogP contribution in [0.4, 0.5) is 11.5 Å². The Morgan fingerprint density at radius 3 is 2.74 bits per heavy atom. The molecule has 0 spiro atoms. The first kappa shape index (κ1) is 24.1. The zero-order chi connectivity index (χ0) is 26.8. The number of pyridine rings is 2. The molecule has 6 heterocycles. The molecule has 1 aromatic carbocycles. The van der Waals surface area contributed by atoms with Crippen molar-refractivity contribution >= 4 is 23.1 Å². The molecule has 2 bridgehead atoms. The second-order valence-corrected chi connectivity index (χ2v) is 11.9. The maximum Gasteiger partial charge on any atom is 0.354 e. The van der Waals surface area contributed by atoms with Gasteiger partial charge >= 0.3 is 5.97 Å². The van der Waals surface area contributed by atoms with Crippen LogP contribution in [-0.4, -0.2) is 56.9 Å². The van der Waals surface area contributed by atoms with Crippen LogP contribution in [0.3, 0.4) is 0 Å². The van der Waals surface area contributed by atoms with Crippen molar-refractivity contribution in [3.8, 4) is 0 Å². The number of aromatic nitrogens is 4. The summed E-state index contributed by atoms with van der Waals surface area (Å²) in [6.45, 7) is 7.71. The number of carboxylic acids is 1. The van der Waals surface area contributed by atoms with Crippen molar-refractivity contribution < 1.29 is 14.6 Å². The number of ether oxygens (including phenoxy) is 1. The lowest BCUT2D eigenvalue weighted by molar-refractivity contribution is -0.0254. The van der Waals surface area contributed by atoms with Gasteiger partial charge in [-0.15, -0.1) is 5.10 Å². The van der Waals surface area contributed by atoms with Gasteiger partial charge in [0.1, 0.15) is 11.4 Å². The molecule has 0 unspecified atom stereocenters. The monoisotopic (exact) mass is 524 g/mol. The molecular weight excluding hydrogens is 492 g/mol. The molecule has 8 rings (SSSR count). The molecule has 3 saturated heterocycles. The van der Waals surface area contributed by atoms with Gasteiger partial charge < -0.3 is 20.1 Å². The number of rotatable bonds is 7. The molecule has 1 atom stereocenters. The van der Waals surface area contributed by atoms with Crippen molar-refractivity contribution in [1.82, 2.24) is 19.6 Å². The van der Waals surface area contributed by atoms with Crippen LogP contribution in [0.25, 0.3) is 5.65 Å². The number of aromatic carboxylic acids is 1. The second kappa shape index (κ2) is 8.51. The molecule has 3 aliphatic heterocycles. The Morgan fingerprint density at radius 2 is 1.95 bits per heavy atom. The van der Waals surface area contributed by atoms with E-state index in [0.29, 0.717) is 19.0 Å². The lowest BCUT2D eigenvalue weighted by atomic mass is 9.62. The highest BCUT2D eigenvalue weighted by Crippen LogP contribution is 2.62. The minimum atomic E-state index is -1.03. The van der Waals surface area contributed by atoms with E-state index in [1.54, 1.807) is 12.1 Å². The minimum Gasteiger partial charge on any atom is -0.477 e. The normalized spacial score (nSPS) is 27.6. The Morgan fingerprint density at radius 1 is 1.13 bits per heavy atom. The predicted molar refractivity (Wildman–Crippen MR) is 147 cm³/mol. The number of carbonyl (C=O) groups is 1. The van der Waals surface area contributed by atoms with Crippen molar-refractivity contribution in [2.45, 2.75) is 44.1 Å². The van der Waals surface area contributed by atoms with Gasteiger partial charge in [-0.25, -0.2) is 19.3 Å². The quantitative estimate of drug-likeness (QED) is 0.366. The Bertz CT molecular complexity index is 1580. The number of nitrogens with zero attached hydrogens (tertiary/aromatic N) is 5. The zero-order valence-corrected chi connectivity index (χ0v) is 22.2. The summed E-state index contributed by atoms with van der Waals surface area (Å²) in [6, 6.07) is 18.0. The van der Waals surface area contributed by atoms with Crippen LogP contribution in [-0.2, 0) is 15.8 Å². The molecule has 39 heavy (non-hydrogen) atoms. The number of aryl methyl sites for hydroxylation is 1. The van der Waals surface area contributed by atoms with E-state index in [2.05, 4.69) is 71.6 Å². The van der Waals surface area contributed by atoms with E-state index in [0.717, 1.165) is 49.4 Å². The smallest absolute Gasteiger partial charge is 0.354 e. The van der Waals surface area contributed by atoms with Gasteiger partial charge in [0.2, 0.25) is 0 Å². The summed E-state index contributed by atoms with van der Waals surface area (Å²) in [7, 11) is 0. The van der Waals surface area contributed by atoms with Gasteiger partial charge in [-0.05, 0) is 55.5 Å². The fourth-order valence-electron chi connectivity index (χ4n) is 6.74. The van der Waals surface area contributed by atoms with E-state index in [9.17, 15) is 9.90 Å². The highest BCUT2D eigenvalue weighted by molar-refractivity contribution is 5.85. The van der Waals surface area contributed by atoms with Gasteiger partial charge in [-0.1, -0.05) is 43.3 Å². The van der Waals surface area contributed by atoms with Crippen LogP contribution in [0.15, 0.2) is 60.8 Å². The Kier molecular flexibility index (Phi) is 5.26. The van der Waals surface area contributed by atoms with Gasteiger partial charge in [-0.3, -0.25) is 0 Å². The third-order valence-corrected chi connectivity index (χ3v) is 8.91. The van der Waals surface area contributed by atoms with E-state index >= 15 is 0 Å². The first-order valence-electron chi connectivity index (χ1n) is 13.5. The fourth-order valence-corrected chi connectivity index (χ4v) is 6.74. The van der Waals surface area contributed by atoms with E-state index in [4.69, 9.17) is 14.8 Å². The van der Waals surface area contributed by atoms with E-state index in [1.807, 2.05) is 4.52 Å². The van der Waals surface area contributed by atoms with Gasteiger partial charge in [0.05, 0.1) is 18.5 Å². The number of anilines is 2. The highest BCUT2D eigenvalue weighted by atomic mass is 16.5. The molecule has 1 saturated carbocycles. The van der Waals surface area contributed by atoms with Crippen LogP contribution in [0.5, 0.6) is 0 Å². The molecule has 0 amide bonds. The van der Waals surface area contributed by atoms with E-state index in [-0.39, 0.29) is 16.5 Å². The predicted octanol–water partition coefficient (Wildman–Crippen LogP) is 4.42. The van der Waals surface area contributed by atoms with Crippen LogP contribution in [0, 0.1) is 12.3 Å². The van der Waals surface area contributed by atoms with Crippen LogP contribution in [0.1, 0.15) is 53.6 Å². The second-order valence-electron chi connectivity index (χ2n) is 11.9. The van der Waals surface area contributed by atoms with E-state index in [1.165, 1.54) is 17.3 Å². The van der Waals surface area contributed by atoms with Crippen molar-refractivity contribution in [3.05, 3.63) is 83.4 Å². The van der Waals surface area contributed by atoms with Gasteiger partial charge in [0.15, 0.2) is 17.2 Å². The summed E-state index contributed by atoms with van der Waals surface area (Å²) in [6.07, 6.45) is 4.88. The molecule has 1 aliphatic carbocycles. The van der Waals surface area contributed by atoms with Gasteiger partial charge in [-0.2, -0.15) is 0 Å². The lowest BCUT2D eigenvalue weighted by Gasteiger charge is -2.42. The molecule has 4 aliphatic rings. The highest BCUT2D eigenvalue weighted by Gasteiger charge is 2.65. The third kappa shape index (κ3) is 3.95. The average Bonchev–Trinajstić information content (AvgIpc) is 3.70. The molecule has 9 nitrogen and oxygen atoms in total. The molecule has 4 aromatic rings. The summed E-state index contributed by atoms with van der Waals surface area (Å²) >= 11 is 0. The summed E-state index contributed by atoms with van der Waals surface area (Å²) in [4.78, 5) is 22.8. The zero-order valence-electron chi connectivity index (χ0n) is 22.2. The molecule has 200 valence electrons. The number of hydrogen-bond donors (Lipinski definition) is 2. The Balaban J connectivity index is 1.07. The lowest BCUT2D eigenvalue weighted by Crippen LogP contribution is -2.46. The molecular formula is C30H32N6O3. The summed E-state index contributed by atoms with van der Waals surface area (Å²) < 4.78 is 8.25. The maximum atomic E-state index is 11.2. The van der Waals surface area contributed by atoms with Crippen molar-refractivity contribution in [1.29, 1.82) is 0 Å². The molecule has 0 radical (unpaired) electrons. The van der Waals surface area contributed by atoms with Crippen molar-refractivity contribution in [3.63, 3.8) is 0 Å². The van der Waals surface area contributed by atoms with Gasteiger partial charge in [0.25, 0.3) is 0 Å². The largest absolute Gasteiger partial charge is 0.477 e. The van der Waals surface area contributed by atoms with Crippen LogP contribution < -0.4 is 10.2 Å². The minimum absolute atomic E-state index is 0.0317. The number of carboxylic acid groups (broad SMARTS) is 1. The molecule has 3 aromatic heterocycles. The van der Waals surface area contributed by atoms with Crippen LogP contribution >= 0.6 is 0 Å². The first-order valence-corrected chi connectivity index (χ1v) is 13.5. The number of fused-ring (bicyclic) bond motifs is 2. The summed E-state index contributed by atoms with van der Waals surface area (Å²) in [5, 5.41) is 17.5. The summed E-state index contributed by atoms with van der Waals surface area (Å²) in [5.41, 5.74) is 4.20. The van der Waals surface area contributed by atoms with Crippen molar-refractivity contribution in [2.24, 2.45) is 5.41 Å². The maximum absolute atomic E-state index is 11.2. The average molecular weight is 525 g/mol. The van der Waals surface area contributed by atoms with E-state index < -0.39 is 11.6 Å². The van der Waals surface area contributed by atoms with Gasteiger partial charge in [0, 0.05) is 30.5 Å². The molecule has 9 heteroatoms. The molecule has 2 N–H and O–H groups in total. The molecule has 4 fully saturated rings. The Hall–Kier alpha value is -3.98. The number of hydrogen-bond acceptors (Lipinski definition) is 7. The Labute approximate surface area is 226 Å². The number of nitrogens with one attached hydrogen (secondary N) is 1. The standard InChI is InChI=1S/C30H32N6O3/c1-20-13-22(35-12-11-28(2,18-35)21-7-4-3-5-8-21)14-36-25(20)33-27(34-36)30-15-29(16-30,19-39-30)17-31-24-10-6-9-23(32-24)26(37)38/h3-10,13-14H,11-12,15-19H2,1-2H3,(H,31,32)(H,37,38)/t28-,29?,30?/m0/s1. The third-order valence-electron chi connectivity index (χ3n) is 8.91. The fraction of sp³-hybridized carbons (Fsp3) is 0.400. The van der Waals surface area contributed by atoms with Crippen molar-refractivity contribution in [2.75, 3.05) is 36.5 Å². The topological polar surface area (TPSA) is 105 Å². The first-order chi connectivity index (χ1) is 18.8. The summed E-state index contributed by atoms with van der Waals surface area (Å²) in [5.74, 6) is 0.278.